The highest BCUT2D eigenvalue weighted by Crippen LogP contribution is 2.35. The second-order valence-corrected chi connectivity index (χ2v) is 8.50. The third-order valence-electron chi connectivity index (χ3n) is 6.62. The number of nitrogens with one attached hydrogen (secondary N) is 1. The number of likely N-dealkylation sites (N-methyl/N-ethyl adjacent to an activating group) is 1. The minimum absolute atomic E-state index is 0.00514. The Bertz CT molecular complexity index is 1220. The number of fused-ring (bicyclic) bond motifs is 1. The van der Waals surface area contributed by atoms with Crippen molar-refractivity contribution in [3.8, 4) is 11.1 Å². The van der Waals surface area contributed by atoms with Crippen molar-refractivity contribution in [1.82, 2.24) is 24.6 Å². The number of nitrogens with zero attached hydrogens (tertiary/aromatic N) is 4. The largest absolute Gasteiger partial charge is 0.494 e. The summed E-state index contributed by atoms with van der Waals surface area (Å²) < 4.78 is 42.2. The third-order valence-corrected chi connectivity index (χ3v) is 6.62. The molecule has 1 aliphatic carbocycles. The summed E-state index contributed by atoms with van der Waals surface area (Å²) in [5, 5.41) is 5.35. The number of aromatic amines is 1. The molecule has 7 nitrogen and oxygen atoms in total. The molecule has 1 saturated heterocycles. The van der Waals surface area contributed by atoms with E-state index in [0.717, 1.165) is 41.7 Å². The topological polar surface area (TPSA) is 68.2 Å². The highest BCUT2D eigenvalue weighted by molar-refractivity contribution is 5.84. The van der Waals surface area contributed by atoms with Crippen molar-refractivity contribution in [2.24, 2.45) is 0 Å². The van der Waals surface area contributed by atoms with Gasteiger partial charge in [0.1, 0.15) is 11.8 Å². The summed E-state index contributed by atoms with van der Waals surface area (Å²) in [5.41, 5.74) is 3.29. The van der Waals surface area contributed by atoms with Crippen LogP contribution in [0.2, 0.25) is 0 Å². The van der Waals surface area contributed by atoms with E-state index in [1.165, 1.54) is 20.3 Å². The molecule has 0 aromatic carbocycles. The smallest absolute Gasteiger partial charge is 0.167 e. The summed E-state index contributed by atoms with van der Waals surface area (Å²) in [6.45, 7) is 5.21. The third kappa shape index (κ3) is 3.85. The maximum Gasteiger partial charge on any atom is 0.167 e. The van der Waals surface area contributed by atoms with Crippen LogP contribution in [-0.2, 0) is 15.9 Å². The van der Waals surface area contributed by atoms with Crippen LogP contribution in [0.25, 0.3) is 22.2 Å². The van der Waals surface area contributed by atoms with Crippen LogP contribution in [0.15, 0.2) is 54.1 Å². The van der Waals surface area contributed by atoms with Crippen molar-refractivity contribution >= 4 is 11.0 Å². The first-order chi connectivity index (χ1) is 16.0. The number of H-pyrrole nitrogens is 1. The molecule has 1 N–H and O–H groups in total. The van der Waals surface area contributed by atoms with Gasteiger partial charge in [-0.2, -0.15) is 5.10 Å². The summed E-state index contributed by atoms with van der Waals surface area (Å²) in [6.07, 6.45) is 6.32. The van der Waals surface area contributed by atoms with Crippen molar-refractivity contribution in [1.29, 1.82) is 0 Å². The predicted molar refractivity (Wildman–Crippen MR) is 121 cm³/mol. The van der Waals surface area contributed by atoms with Gasteiger partial charge in [0.05, 0.1) is 19.3 Å². The lowest BCUT2D eigenvalue weighted by atomic mass is 9.92. The zero-order valence-corrected chi connectivity index (χ0v) is 18.9. The highest BCUT2D eigenvalue weighted by atomic mass is 19.1. The molecule has 2 aliphatic rings. The fourth-order valence-corrected chi connectivity index (χ4v) is 4.53. The lowest BCUT2D eigenvalue weighted by Gasteiger charge is -2.38. The van der Waals surface area contributed by atoms with E-state index >= 15 is 4.39 Å². The molecule has 5 rings (SSSR count). The van der Waals surface area contributed by atoms with E-state index in [0.29, 0.717) is 11.7 Å². The van der Waals surface area contributed by atoms with Gasteiger partial charge < -0.3 is 14.5 Å². The molecular weight excluding hydrogens is 428 g/mol. The van der Waals surface area contributed by atoms with Crippen molar-refractivity contribution < 1.29 is 18.3 Å². The molecule has 0 radical (unpaired) electrons. The minimum Gasteiger partial charge on any atom is -0.494 e. The molecule has 2 atom stereocenters. The summed E-state index contributed by atoms with van der Waals surface area (Å²) in [5.74, 6) is -0.686. The molecule has 1 fully saturated rings. The predicted octanol–water partition coefficient (Wildman–Crippen LogP) is 3.97. The van der Waals surface area contributed by atoms with E-state index in [1.54, 1.807) is 12.4 Å². The van der Waals surface area contributed by atoms with Crippen LogP contribution >= 0.6 is 0 Å². The highest BCUT2D eigenvalue weighted by Gasteiger charge is 2.34. The second-order valence-electron chi connectivity index (χ2n) is 8.50. The number of alkyl halides is 1. The number of pyridine rings is 1. The van der Waals surface area contributed by atoms with E-state index in [1.807, 2.05) is 23.1 Å². The molecule has 9 heteroatoms. The van der Waals surface area contributed by atoms with Crippen LogP contribution in [0, 0.1) is 0 Å². The second kappa shape index (κ2) is 8.72. The van der Waals surface area contributed by atoms with Crippen LogP contribution in [0.1, 0.15) is 18.5 Å². The van der Waals surface area contributed by atoms with Gasteiger partial charge in [0, 0.05) is 67.3 Å². The fourth-order valence-electron chi connectivity index (χ4n) is 4.53. The van der Waals surface area contributed by atoms with E-state index < -0.39 is 18.1 Å². The van der Waals surface area contributed by atoms with Gasteiger partial charge in [-0.15, -0.1) is 0 Å². The standard InChI is InChI=1S/C24H27F2N5O2/c1-4-30-12-17(13-30)31-11-16(10-29-31)14-5-18-15(9-28-24(18)27-8-14)6-19-22(25)20(32-2)7-21(33-3)23(19)26/h5,7-11,17,20,22H,4,6,12-13H2,1-3H3,(H,27,28). The molecule has 3 aromatic rings. The molecule has 0 amide bonds. The molecule has 0 bridgehead atoms. The Morgan fingerprint density at radius 2 is 2.03 bits per heavy atom. The molecule has 3 aromatic heterocycles. The minimum atomic E-state index is -1.60. The Hall–Kier alpha value is -3.04. The first kappa shape index (κ1) is 21.8. The number of ether oxygens (including phenoxy) is 2. The lowest BCUT2D eigenvalue weighted by Crippen LogP contribution is -2.47. The summed E-state index contributed by atoms with van der Waals surface area (Å²) in [4.78, 5) is 9.99. The number of likely N-dealkylation sites (tertiary alicyclic amines) is 1. The number of aromatic nitrogens is 4. The Morgan fingerprint density at radius 3 is 2.76 bits per heavy atom. The maximum absolute atomic E-state index is 15.0. The SMILES string of the molecule is CCN1CC(n2cc(-c3cnc4[nH]cc(CC5=C(F)C(OC)=CC(OC)C5F)c4c3)cn2)C1. The van der Waals surface area contributed by atoms with Gasteiger partial charge in [0.15, 0.2) is 17.8 Å². The van der Waals surface area contributed by atoms with Crippen molar-refractivity contribution in [2.45, 2.75) is 31.7 Å². The Balaban J connectivity index is 1.44. The van der Waals surface area contributed by atoms with Crippen LogP contribution in [0.4, 0.5) is 8.78 Å². The average Bonchev–Trinajstić information content (AvgIpc) is 3.43. The molecule has 0 spiro atoms. The van der Waals surface area contributed by atoms with Crippen molar-refractivity contribution in [3.05, 3.63) is 59.7 Å². The number of hydrogen-bond donors (Lipinski definition) is 1. The van der Waals surface area contributed by atoms with Gasteiger partial charge in [-0.1, -0.05) is 6.92 Å². The summed E-state index contributed by atoms with van der Waals surface area (Å²) in [7, 11) is 2.76. The van der Waals surface area contributed by atoms with Crippen molar-refractivity contribution in [3.63, 3.8) is 0 Å². The molecular formula is C24H27F2N5O2. The zero-order chi connectivity index (χ0) is 23.1. The molecule has 4 heterocycles. The van der Waals surface area contributed by atoms with Crippen LogP contribution in [0.3, 0.4) is 0 Å². The van der Waals surface area contributed by atoms with E-state index in [9.17, 15) is 4.39 Å². The number of halogens is 2. The van der Waals surface area contributed by atoms with Crippen LogP contribution < -0.4 is 0 Å². The number of methoxy groups -OCH3 is 2. The maximum atomic E-state index is 15.0. The number of allylic oxidation sites excluding steroid dienone is 1. The average molecular weight is 456 g/mol. The van der Waals surface area contributed by atoms with Gasteiger partial charge in [0.2, 0.25) is 0 Å². The molecule has 0 saturated carbocycles. The van der Waals surface area contributed by atoms with E-state index in [-0.39, 0.29) is 17.8 Å². The first-order valence-corrected chi connectivity index (χ1v) is 11.1. The zero-order valence-electron chi connectivity index (χ0n) is 18.9. The molecule has 2 unspecified atom stereocenters. The first-order valence-electron chi connectivity index (χ1n) is 11.1. The van der Waals surface area contributed by atoms with Gasteiger partial charge in [0.25, 0.3) is 0 Å². The number of hydrogen-bond acceptors (Lipinski definition) is 5. The number of rotatable bonds is 7. The van der Waals surface area contributed by atoms with Gasteiger partial charge in [-0.05, 0) is 24.3 Å². The molecule has 1 aliphatic heterocycles. The van der Waals surface area contributed by atoms with Gasteiger partial charge in [-0.25, -0.2) is 13.8 Å². The fraction of sp³-hybridized carbons (Fsp3) is 0.417. The van der Waals surface area contributed by atoms with E-state index in [2.05, 4.69) is 26.9 Å². The Labute approximate surface area is 190 Å². The summed E-state index contributed by atoms with van der Waals surface area (Å²) in [6, 6.07) is 2.38. The molecule has 174 valence electrons. The lowest BCUT2D eigenvalue weighted by molar-refractivity contribution is 0.0714. The van der Waals surface area contributed by atoms with Crippen molar-refractivity contribution in [2.75, 3.05) is 33.9 Å². The molecule has 33 heavy (non-hydrogen) atoms. The normalized spacial score (nSPS) is 22.0. The van der Waals surface area contributed by atoms with Gasteiger partial charge >= 0.3 is 0 Å². The van der Waals surface area contributed by atoms with Crippen LogP contribution in [0.5, 0.6) is 0 Å². The van der Waals surface area contributed by atoms with Crippen LogP contribution in [-0.4, -0.2) is 70.8 Å². The Morgan fingerprint density at radius 1 is 1.21 bits per heavy atom. The Kier molecular flexibility index (Phi) is 5.76. The van der Waals surface area contributed by atoms with E-state index in [4.69, 9.17) is 9.47 Å². The summed E-state index contributed by atoms with van der Waals surface area (Å²) >= 11 is 0. The van der Waals surface area contributed by atoms with Gasteiger partial charge in [-0.3, -0.25) is 9.58 Å². The quantitative estimate of drug-likeness (QED) is 0.584. The monoisotopic (exact) mass is 455 g/mol.